The smallest absolute Gasteiger partial charge is 0.384 e. The Bertz CT molecular complexity index is 729. The van der Waals surface area contributed by atoms with Crippen molar-refractivity contribution in [2.24, 2.45) is 11.7 Å². The maximum Gasteiger partial charge on any atom is 0.522 e. The molecule has 1 aromatic heterocycles. The van der Waals surface area contributed by atoms with Gasteiger partial charge in [0.2, 0.25) is 0 Å². The van der Waals surface area contributed by atoms with E-state index in [0.717, 1.165) is 37.0 Å². The summed E-state index contributed by atoms with van der Waals surface area (Å²) in [6, 6.07) is 5.65. The number of nitrogens with one attached hydrogen (secondary N) is 2. The zero-order valence-electron chi connectivity index (χ0n) is 15.5. The van der Waals surface area contributed by atoms with Gasteiger partial charge in [-0.1, -0.05) is 6.07 Å². The third-order valence-corrected chi connectivity index (χ3v) is 5.26. The van der Waals surface area contributed by atoms with Crippen LogP contribution in [0.2, 0.25) is 0 Å². The van der Waals surface area contributed by atoms with Gasteiger partial charge < -0.3 is 22.1 Å². The molecule has 1 aliphatic heterocycles. The molecule has 1 fully saturated rings. The fourth-order valence-electron chi connectivity index (χ4n) is 3.84. The number of aromatic nitrogens is 1. The summed E-state index contributed by atoms with van der Waals surface area (Å²) in [7, 11) is 0. The number of hydrogen-bond acceptors (Lipinski definition) is 6. The van der Waals surface area contributed by atoms with E-state index in [-0.39, 0.29) is 25.1 Å². The monoisotopic (exact) mass is 397 g/mol. The highest BCUT2D eigenvalue weighted by Crippen LogP contribution is 2.34. The number of anilines is 1. The van der Waals surface area contributed by atoms with Gasteiger partial charge in [-0.2, -0.15) is 0 Å². The Morgan fingerprint density at radius 3 is 2.68 bits per heavy atom. The Hall–Kier alpha value is -2.10. The fraction of sp³-hybridized carbons (Fsp3) is 0.526. The predicted molar refractivity (Wildman–Crippen MR) is 102 cm³/mol. The van der Waals surface area contributed by atoms with Crippen molar-refractivity contribution in [1.29, 1.82) is 0 Å². The molecule has 1 atom stereocenters. The number of ether oxygens (including phenoxy) is 1. The summed E-state index contributed by atoms with van der Waals surface area (Å²) >= 11 is 0. The fourth-order valence-corrected chi connectivity index (χ4v) is 3.84. The van der Waals surface area contributed by atoms with Gasteiger partial charge in [0.15, 0.2) is 0 Å². The lowest BCUT2D eigenvalue weighted by Gasteiger charge is -2.41. The zero-order chi connectivity index (χ0) is 20.2. The summed E-state index contributed by atoms with van der Waals surface area (Å²) in [5, 5.41) is 6.39. The van der Waals surface area contributed by atoms with Gasteiger partial charge in [0, 0.05) is 18.2 Å². The van der Waals surface area contributed by atoms with E-state index in [4.69, 9.17) is 11.5 Å². The lowest BCUT2D eigenvalue weighted by Crippen LogP contribution is -2.58. The molecule has 0 spiro atoms. The van der Waals surface area contributed by atoms with Crippen molar-refractivity contribution in [3.8, 4) is 0 Å². The van der Waals surface area contributed by atoms with Crippen LogP contribution in [0.25, 0.3) is 5.57 Å². The highest BCUT2D eigenvalue weighted by molar-refractivity contribution is 5.74. The largest absolute Gasteiger partial charge is 0.522 e. The van der Waals surface area contributed by atoms with E-state index in [1.165, 1.54) is 0 Å². The number of dihydropyridines is 1. The van der Waals surface area contributed by atoms with Crippen molar-refractivity contribution in [3.05, 3.63) is 42.2 Å². The lowest BCUT2D eigenvalue weighted by atomic mass is 9.76. The molecule has 0 saturated heterocycles. The van der Waals surface area contributed by atoms with Gasteiger partial charge in [-0.3, -0.25) is 4.74 Å². The van der Waals surface area contributed by atoms with Crippen LogP contribution in [0.3, 0.4) is 0 Å². The molecule has 0 bridgehead atoms. The second kappa shape index (κ2) is 8.50. The molecule has 0 aromatic carbocycles. The standard InChI is InChI=1S/C19H26F3N5O/c20-19(21,22)28-11-10-25-15-6-4-14(5-7-15)18(24)12-13(8-9-26-18)16-2-1-3-17(23)27-16/h1-3,8-9,12,14-15,25-26H,4-7,10-11,24H2,(H2,23,27). The summed E-state index contributed by atoms with van der Waals surface area (Å²) in [5.41, 5.74) is 13.4. The summed E-state index contributed by atoms with van der Waals surface area (Å²) in [5.74, 6) is 0.659. The first kappa shape index (κ1) is 20.6. The maximum absolute atomic E-state index is 12.0. The van der Waals surface area contributed by atoms with Crippen LogP contribution < -0.4 is 22.1 Å². The Morgan fingerprint density at radius 2 is 2.00 bits per heavy atom. The minimum Gasteiger partial charge on any atom is -0.384 e. The molecule has 9 heteroatoms. The topological polar surface area (TPSA) is 98.2 Å². The molecule has 0 amide bonds. The Balaban J connectivity index is 1.54. The van der Waals surface area contributed by atoms with Crippen molar-refractivity contribution in [2.45, 2.75) is 43.8 Å². The molecule has 28 heavy (non-hydrogen) atoms. The summed E-state index contributed by atoms with van der Waals surface area (Å²) in [6.45, 7) is -0.204. The van der Waals surface area contributed by atoms with Gasteiger partial charge in [0.25, 0.3) is 0 Å². The average molecular weight is 397 g/mol. The summed E-state index contributed by atoms with van der Waals surface area (Å²) in [4.78, 5) is 4.35. The molecule has 0 radical (unpaired) electrons. The van der Waals surface area contributed by atoms with E-state index in [2.05, 4.69) is 20.4 Å². The lowest BCUT2D eigenvalue weighted by molar-refractivity contribution is -0.323. The second-order valence-electron chi connectivity index (χ2n) is 7.25. The number of alkyl halides is 3. The van der Waals surface area contributed by atoms with E-state index >= 15 is 0 Å². The van der Waals surface area contributed by atoms with Crippen molar-refractivity contribution in [3.63, 3.8) is 0 Å². The molecule has 2 aliphatic rings. The van der Waals surface area contributed by atoms with Crippen molar-refractivity contribution in [2.75, 3.05) is 18.9 Å². The normalized spacial score (nSPS) is 27.9. The summed E-state index contributed by atoms with van der Waals surface area (Å²) < 4.78 is 39.8. The van der Waals surface area contributed by atoms with Crippen LogP contribution in [0.1, 0.15) is 31.4 Å². The molecule has 1 unspecified atom stereocenters. The van der Waals surface area contributed by atoms with E-state index in [9.17, 15) is 13.2 Å². The van der Waals surface area contributed by atoms with Gasteiger partial charge in [-0.15, -0.1) is 13.2 Å². The molecule has 154 valence electrons. The molecule has 2 heterocycles. The average Bonchev–Trinajstić information content (AvgIpc) is 2.65. The molecule has 6 N–H and O–H groups in total. The molecular formula is C19H26F3N5O. The second-order valence-corrected chi connectivity index (χ2v) is 7.25. The van der Waals surface area contributed by atoms with Crippen molar-refractivity contribution in [1.82, 2.24) is 15.6 Å². The third-order valence-electron chi connectivity index (χ3n) is 5.26. The Morgan fingerprint density at radius 1 is 1.25 bits per heavy atom. The molecule has 1 saturated carbocycles. The SMILES string of the molecule is Nc1cccc(C2=CC(N)(C3CCC(NCCOC(F)(F)F)CC3)NC=C2)n1. The van der Waals surface area contributed by atoms with Crippen LogP contribution in [0.5, 0.6) is 0 Å². The minimum absolute atomic E-state index is 0.175. The van der Waals surface area contributed by atoms with Crippen LogP contribution in [-0.4, -0.2) is 36.2 Å². The Labute approximate surface area is 162 Å². The first-order valence-electron chi connectivity index (χ1n) is 9.38. The number of pyridine rings is 1. The van der Waals surface area contributed by atoms with Gasteiger partial charge in [0.05, 0.1) is 12.3 Å². The van der Waals surface area contributed by atoms with E-state index in [1.54, 1.807) is 6.07 Å². The van der Waals surface area contributed by atoms with E-state index in [0.29, 0.717) is 5.82 Å². The highest BCUT2D eigenvalue weighted by atomic mass is 19.4. The predicted octanol–water partition coefficient (Wildman–Crippen LogP) is 2.50. The number of nitrogens with two attached hydrogens (primary N) is 2. The van der Waals surface area contributed by atoms with Crippen LogP contribution >= 0.6 is 0 Å². The zero-order valence-corrected chi connectivity index (χ0v) is 15.5. The first-order valence-corrected chi connectivity index (χ1v) is 9.38. The molecule has 3 rings (SSSR count). The van der Waals surface area contributed by atoms with Gasteiger partial charge in [0.1, 0.15) is 11.5 Å². The van der Waals surface area contributed by atoms with Crippen molar-refractivity contribution >= 4 is 11.4 Å². The van der Waals surface area contributed by atoms with Gasteiger partial charge >= 0.3 is 6.36 Å². The van der Waals surface area contributed by atoms with Gasteiger partial charge in [-0.25, -0.2) is 4.98 Å². The maximum atomic E-state index is 12.0. The van der Waals surface area contributed by atoms with Crippen LogP contribution in [-0.2, 0) is 4.74 Å². The Kier molecular flexibility index (Phi) is 6.26. The number of nitrogen functional groups attached to an aromatic ring is 1. The minimum atomic E-state index is -4.58. The van der Waals surface area contributed by atoms with Crippen LogP contribution in [0, 0.1) is 5.92 Å². The molecule has 1 aliphatic carbocycles. The van der Waals surface area contributed by atoms with Gasteiger partial charge in [-0.05, 0) is 62.1 Å². The third kappa shape index (κ3) is 5.46. The number of allylic oxidation sites excluding steroid dienone is 2. The molecule has 6 nitrogen and oxygen atoms in total. The van der Waals surface area contributed by atoms with Crippen LogP contribution in [0.4, 0.5) is 19.0 Å². The van der Waals surface area contributed by atoms with E-state index < -0.39 is 12.0 Å². The molecular weight excluding hydrogens is 371 g/mol. The summed E-state index contributed by atoms with van der Waals surface area (Å²) in [6.07, 6.45) is 4.59. The van der Waals surface area contributed by atoms with Crippen LogP contribution in [0.15, 0.2) is 36.6 Å². The number of halogens is 3. The van der Waals surface area contributed by atoms with E-state index in [1.807, 2.05) is 30.5 Å². The van der Waals surface area contributed by atoms with Crippen molar-refractivity contribution < 1.29 is 17.9 Å². The number of nitrogens with zero attached hydrogens (tertiary/aromatic N) is 1. The number of hydrogen-bond donors (Lipinski definition) is 4. The molecule has 1 aromatic rings. The quantitative estimate of drug-likeness (QED) is 0.551. The number of rotatable bonds is 6. The highest BCUT2D eigenvalue weighted by Gasteiger charge is 2.37. The first-order chi connectivity index (χ1) is 13.3.